The van der Waals surface area contributed by atoms with Gasteiger partial charge >= 0.3 is 0 Å². The lowest BCUT2D eigenvalue weighted by Crippen LogP contribution is -2.21. The fourth-order valence-electron chi connectivity index (χ4n) is 1.74. The van der Waals surface area contributed by atoms with Crippen LogP contribution in [0.5, 0.6) is 0 Å². The number of hydrogen-bond acceptors (Lipinski definition) is 6. The molecule has 2 heterocycles. The number of pyridine rings is 1. The summed E-state index contributed by atoms with van der Waals surface area (Å²) in [7, 11) is 1.98. The topological polar surface area (TPSA) is 77.7 Å². The number of likely N-dealkylation sites (N-methyl/N-ethyl adjacent to an activating group) is 1. The van der Waals surface area contributed by atoms with Gasteiger partial charge in [-0.15, -0.1) is 0 Å². The lowest BCUT2D eigenvalue weighted by atomic mass is 10.2. The Hall–Kier alpha value is -2.68. The molecule has 0 aromatic carbocycles. The second-order valence-corrected chi connectivity index (χ2v) is 4.31. The standard InChI is InChI=1S/C14H16N6/c1-20(8-4-12-3-2-6-16-10-12)14-9-13(17-7-5-15)18-11-19-14/h2-3,6,9-11H,4,7-8H2,1H3,(H,17,18,19). The number of nitriles is 1. The molecule has 6 heteroatoms. The van der Waals surface area contributed by atoms with Gasteiger partial charge in [0.2, 0.25) is 0 Å². The largest absolute Gasteiger partial charge is 0.359 e. The van der Waals surface area contributed by atoms with E-state index in [0.717, 1.165) is 18.8 Å². The smallest absolute Gasteiger partial charge is 0.133 e. The molecule has 1 N–H and O–H groups in total. The first-order chi connectivity index (χ1) is 9.79. The van der Waals surface area contributed by atoms with Gasteiger partial charge in [0.1, 0.15) is 24.5 Å². The first kappa shape index (κ1) is 13.7. The van der Waals surface area contributed by atoms with Gasteiger partial charge in [-0.1, -0.05) is 6.07 Å². The minimum absolute atomic E-state index is 0.232. The zero-order valence-electron chi connectivity index (χ0n) is 11.3. The van der Waals surface area contributed by atoms with E-state index in [9.17, 15) is 0 Å². The van der Waals surface area contributed by atoms with E-state index in [1.54, 1.807) is 6.20 Å². The van der Waals surface area contributed by atoms with E-state index in [0.29, 0.717) is 5.82 Å². The van der Waals surface area contributed by atoms with Crippen LogP contribution in [-0.2, 0) is 6.42 Å². The van der Waals surface area contributed by atoms with Crippen molar-refractivity contribution in [3.8, 4) is 6.07 Å². The van der Waals surface area contributed by atoms with Gasteiger partial charge in [-0.2, -0.15) is 5.26 Å². The molecule has 6 nitrogen and oxygen atoms in total. The molecular formula is C14H16N6. The number of anilines is 2. The summed E-state index contributed by atoms with van der Waals surface area (Å²) in [5.41, 5.74) is 1.19. The first-order valence-corrected chi connectivity index (χ1v) is 6.32. The van der Waals surface area contributed by atoms with Gasteiger partial charge < -0.3 is 10.2 Å². The van der Waals surface area contributed by atoms with E-state index in [4.69, 9.17) is 5.26 Å². The van der Waals surface area contributed by atoms with E-state index in [-0.39, 0.29) is 6.54 Å². The average Bonchev–Trinajstić information content (AvgIpc) is 2.52. The molecule has 0 aliphatic carbocycles. The van der Waals surface area contributed by atoms with Crippen molar-refractivity contribution in [1.29, 1.82) is 5.26 Å². The van der Waals surface area contributed by atoms with E-state index in [1.807, 2.05) is 36.3 Å². The zero-order chi connectivity index (χ0) is 14.2. The molecule has 20 heavy (non-hydrogen) atoms. The highest BCUT2D eigenvalue weighted by Gasteiger charge is 2.04. The second-order valence-electron chi connectivity index (χ2n) is 4.31. The molecular weight excluding hydrogens is 252 g/mol. The molecule has 0 atom stereocenters. The average molecular weight is 268 g/mol. The number of aromatic nitrogens is 3. The predicted octanol–water partition coefficient (Wildman–Crippen LogP) is 1.49. The minimum atomic E-state index is 0.232. The van der Waals surface area contributed by atoms with Crippen LogP contribution in [0.2, 0.25) is 0 Å². The van der Waals surface area contributed by atoms with E-state index in [1.165, 1.54) is 11.9 Å². The molecule has 2 aromatic rings. The van der Waals surface area contributed by atoms with Crippen molar-refractivity contribution in [3.05, 3.63) is 42.5 Å². The molecule has 102 valence electrons. The Labute approximate surface area is 118 Å². The SMILES string of the molecule is CN(CCc1cccnc1)c1cc(NCC#N)ncn1. The van der Waals surface area contributed by atoms with Crippen molar-refractivity contribution in [2.75, 3.05) is 30.4 Å². The maximum Gasteiger partial charge on any atom is 0.133 e. The van der Waals surface area contributed by atoms with Gasteiger partial charge in [-0.05, 0) is 18.1 Å². The first-order valence-electron chi connectivity index (χ1n) is 6.32. The highest BCUT2D eigenvalue weighted by molar-refractivity contribution is 5.48. The zero-order valence-corrected chi connectivity index (χ0v) is 11.3. The highest BCUT2D eigenvalue weighted by Crippen LogP contribution is 2.13. The monoisotopic (exact) mass is 268 g/mol. The number of rotatable bonds is 6. The third kappa shape index (κ3) is 3.92. The van der Waals surface area contributed by atoms with Crippen LogP contribution in [0.4, 0.5) is 11.6 Å². The normalized spacial score (nSPS) is 9.80. The molecule has 2 aromatic heterocycles. The molecule has 0 aliphatic rings. The van der Waals surface area contributed by atoms with Crippen LogP contribution >= 0.6 is 0 Å². The van der Waals surface area contributed by atoms with Crippen LogP contribution in [-0.4, -0.2) is 35.1 Å². The maximum absolute atomic E-state index is 8.54. The Morgan fingerprint density at radius 2 is 2.30 bits per heavy atom. The molecule has 0 saturated carbocycles. The minimum Gasteiger partial charge on any atom is -0.359 e. The summed E-state index contributed by atoms with van der Waals surface area (Å²) in [5.74, 6) is 1.48. The van der Waals surface area contributed by atoms with Crippen molar-refractivity contribution in [1.82, 2.24) is 15.0 Å². The van der Waals surface area contributed by atoms with Crippen LogP contribution in [0.15, 0.2) is 36.9 Å². The van der Waals surface area contributed by atoms with Crippen molar-refractivity contribution in [2.24, 2.45) is 0 Å². The highest BCUT2D eigenvalue weighted by atomic mass is 15.2. The van der Waals surface area contributed by atoms with E-state index >= 15 is 0 Å². The second kappa shape index (κ2) is 7.04. The van der Waals surface area contributed by atoms with Crippen LogP contribution < -0.4 is 10.2 Å². The van der Waals surface area contributed by atoms with Crippen molar-refractivity contribution >= 4 is 11.6 Å². The van der Waals surface area contributed by atoms with Gasteiger partial charge in [0.25, 0.3) is 0 Å². The summed E-state index contributed by atoms with van der Waals surface area (Å²) < 4.78 is 0. The Kier molecular flexibility index (Phi) is 4.84. The third-order valence-electron chi connectivity index (χ3n) is 2.85. The van der Waals surface area contributed by atoms with Gasteiger partial charge in [0.15, 0.2) is 0 Å². The quantitative estimate of drug-likeness (QED) is 0.800. The van der Waals surface area contributed by atoms with Crippen LogP contribution in [0.3, 0.4) is 0 Å². The lowest BCUT2D eigenvalue weighted by Gasteiger charge is -2.18. The van der Waals surface area contributed by atoms with Crippen molar-refractivity contribution < 1.29 is 0 Å². The summed E-state index contributed by atoms with van der Waals surface area (Å²) >= 11 is 0. The predicted molar refractivity (Wildman–Crippen MR) is 77.3 cm³/mol. The van der Waals surface area contributed by atoms with E-state index in [2.05, 4.69) is 26.3 Å². The summed E-state index contributed by atoms with van der Waals surface area (Å²) in [6.07, 6.45) is 6.03. The maximum atomic E-state index is 8.54. The Balaban J connectivity index is 1.95. The van der Waals surface area contributed by atoms with Gasteiger partial charge in [-0.25, -0.2) is 9.97 Å². The molecule has 0 amide bonds. The molecule has 0 radical (unpaired) electrons. The number of nitrogens with one attached hydrogen (secondary N) is 1. The molecule has 0 fully saturated rings. The molecule has 0 bridgehead atoms. The van der Waals surface area contributed by atoms with Gasteiger partial charge in [0, 0.05) is 32.1 Å². The van der Waals surface area contributed by atoms with Gasteiger partial charge in [0.05, 0.1) is 6.07 Å². The molecule has 0 spiro atoms. The lowest BCUT2D eigenvalue weighted by molar-refractivity contribution is 0.852. The summed E-state index contributed by atoms with van der Waals surface area (Å²) in [4.78, 5) is 14.4. The molecule has 2 rings (SSSR count). The van der Waals surface area contributed by atoms with Crippen molar-refractivity contribution in [3.63, 3.8) is 0 Å². The van der Waals surface area contributed by atoms with Crippen LogP contribution in [0, 0.1) is 11.3 Å². The summed E-state index contributed by atoms with van der Waals surface area (Å²) in [6, 6.07) is 7.84. The Bertz CT molecular complexity index is 578. The van der Waals surface area contributed by atoms with Crippen molar-refractivity contribution in [2.45, 2.75) is 6.42 Å². The third-order valence-corrected chi connectivity index (χ3v) is 2.85. The molecule has 0 unspecified atom stereocenters. The van der Waals surface area contributed by atoms with Gasteiger partial charge in [-0.3, -0.25) is 4.98 Å². The fourth-order valence-corrected chi connectivity index (χ4v) is 1.74. The number of nitrogens with zero attached hydrogens (tertiary/aromatic N) is 5. The molecule has 0 aliphatic heterocycles. The Morgan fingerprint density at radius 3 is 3.05 bits per heavy atom. The van der Waals surface area contributed by atoms with Crippen LogP contribution in [0.25, 0.3) is 0 Å². The fraction of sp³-hybridized carbons (Fsp3) is 0.286. The van der Waals surface area contributed by atoms with E-state index < -0.39 is 0 Å². The van der Waals surface area contributed by atoms with Crippen LogP contribution in [0.1, 0.15) is 5.56 Å². The summed E-state index contributed by atoms with van der Waals surface area (Å²) in [5, 5.41) is 11.5. The number of hydrogen-bond donors (Lipinski definition) is 1. The Morgan fingerprint density at radius 1 is 1.40 bits per heavy atom. The summed E-state index contributed by atoms with van der Waals surface area (Å²) in [6.45, 7) is 1.07. The molecule has 0 saturated heterocycles.